The maximum absolute atomic E-state index is 10.7. The van der Waals surface area contributed by atoms with Crippen molar-refractivity contribution in [2.75, 3.05) is 0 Å². The minimum atomic E-state index is -10.7. The fourth-order valence-corrected chi connectivity index (χ4v) is 3.43. The van der Waals surface area contributed by atoms with Crippen LogP contribution in [0.2, 0.25) is 0 Å². The normalized spacial score (nSPS) is 13.7. The first-order valence-electron chi connectivity index (χ1n) is 9.71. The third kappa shape index (κ3) is 6.43. The van der Waals surface area contributed by atoms with Crippen LogP contribution < -0.4 is 13.9 Å². The molecule has 0 fully saturated rings. The fraction of sp³-hybridized carbons (Fsp3) is 0. The van der Waals surface area contributed by atoms with E-state index < -0.39 is 16.4 Å². The molecule has 0 spiro atoms. The molecule has 0 aromatic carbocycles. The van der Waals surface area contributed by atoms with Gasteiger partial charge in [0.05, 0.1) is 0 Å². The molecule has 38 heavy (non-hydrogen) atoms. The maximum atomic E-state index is 9.87. The topological polar surface area (TPSA) is 158 Å². The van der Waals surface area contributed by atoms with Crippen LogP contribution >= 0.6 is 16.4 Å². The van der Waals surface area contributed by atoms with Crippen LogP contribution in [-0.2, 0) is 0 Å². The molecule has 0 unspecified atom stereocenters. The largest absolute Gasteiger partial charge is 0.882 e. The molecule has 6 heterocycles. The number of nitrogens with zero attached hydrogens (tertiary/aromatic N) is 12. The Kier molecular flexibility index (Phi) is 5.64. The molecule has 0 saturated carbocycles. The van der Waals surface area contributed by atoms with Crippen molar-refractivity contribution < 1.29 is 39.1 Å². The van der Waals surface area contributed by atoms with E-state index in [-0.39, 0.29) is 0 Å². The number of halogens is 6. The van der Waals surface area contributed by atoms with Gasteiger partial charge in [-0.25, -0.2) is 15.0 Å². The Labute approximate surface area is 205 Å². The molecule has 0 aliphatic carbocycles. The van der Waals surface area contributed by atoms with Gasteiger partial charge >= 0.3 is 41.6 Å². The van der Waals surface area contributed by atoms with Gasteiger partial charge in [-0.1, -0.05) is 0 Å². The second-order valence-corrected chi connectivity index (χ2v) is 9.71. The van der Waals surface area contributed by atoms with Crippen molar-refractivity contribution in [1.29, 1.82) is 0 Å². The van der Waals surface area contributed by atoms with Crippen LogP contribution in [0.25, 0.3) is 33.5 Å². The quantitative estimate of drug-likeness (QED) is 0.209. The second-order valence-electron chi connectivity index (χ2n) is 6.85. The summed E-state index contributed by atoms with van der Waals surface area (Å²) in [6.45, 7) is 0. The fourth-order valence-electron chi connectivity index (χ4n) is 2.63. The zero-order chi connectivity index (χ0) is 27.0. The predicted molar refractivity (Wildman–Crippen MR) is 116 cm³/mol. The van der Waals surface area contributed by atoms with E-state index in [1.54, 1.807) is 55.0 Å². The van der Waals surface area contributed by atoms with Gasteiger partial charge < -0.3 is 0 Å². The van der Waals surface area contributed by atoms with Crippen molar-refractivity contribution in [3.8, 4) is 0 Å². The minimum Gasteiger partial charge on any atom is -0.232 e. The number of hydrogen-bond donors (Lipinski definition) is 0. The summed E-state index contributed by atoms with van der Waals surface area (Å²) in [5.41, 5.74) is 2.68. The Bertz CT molecular complexity index is 1550. The first kappa shape index (κ1) is 25.2. The molecule has 199 valence electrons. The summed E-state index contributed by atoms with van der Waals surface area (Å²) in [5, 5.41) is 23.8. The molecule has 0 amide bonds. The van der Waals surface area contributed by atoms with E-state index in [0.29, 0.717) is 33.5 Å². The third-order valence-corrected chi connectivity index (χ3v) is 4.84. The molecule has 0 aliphatic heterocycles. The average molecular weight is 581 g/mol. The third-order valence-electron chi connectivity index (χ3n) is 3.97. The summed E-state index contributed by atoms with van der Waals surface area (Å²) in [4.78, 5) is 15.9. The number of rotatable bonds is 6. The molecule has 15 nitrogen and oxygen atoms in total. The zero-order valence-corrected chi connectivity index (χ0v) is 19.7. The van der Waals surface area contributed by atoms with E-state index in [2.05, 4.69) is 45.9 Å². The first-order chi connectivity index (χ1) is 17.8. The van der Waals surface area contributed by atoms with Crippen molar-refractivity contribution in [2.24, 2.45) is 0 Å². The van der Waals surface area contributed by atoms with Gasteiger partial charge in [0.2, 0.25) is 16.9 Å². The van der Waals surface area contributed by atoms with Gasteiger partial charge in [-0.3, -0.25) is 0 Å². The van der Waals surface area contributed by atoms with Crippen LogP contribution in [0, 0.1) is 0 Å². The summed E-state index contributed by atoms with van der Waals surface area (Å²) in [6.07, 6.45) is 4.75. The summed E-state index contributed by atoms with van der Waals surface area (Å²) >= 11 is 0. The van der Waals surface area contributed by atoms with Crippen molar-refractivity contribution in [1.82, 2.24) is 60.4 Å². The van der Waals surface area contributed by atoms with Crippen LogP contribution in [0.4, 0.5) is 25.2 Å². The van der Waals surface area contributed by atoms with Crippen LogP contribution in [0.15, 0.2) is 55.0 Å². The number of pyridine rings is 3. The first-order valence-corrected chi connectivity index (χ1v) is 12.8. The van der Waals surface area contributed by atoms with E-state index in [1.807, 2.05) is 0 Å². The van der Waals surface area contributed by atoms with E-state index in [1.165, 1.54) is 0 Å². The Hall–Kier alpha value is -4.51. The monoisotopic (exact) mass is 581 g/mol. The average Bonchev–Trinajstić information content (AvgIpc) is 3.55. The van der Waals surface area contributed by atoms with Crippen LogP contribution in [0.5, 0.6) is 0 Å². The minimum absolute atomic E-state index is 0.366. The van der Waals surface area contributed by atoms with Gasteiger partial charge in [0, 0.05) is 18.6 Å². The van der Waals surface area contributed by atoms with Gasteiger partial charge in [0.1, 0.15) is 16.6 Å². The van der Waals surface area contributed by atoms with Gasteiger partial charge in [0.25, 0.3) is 0 Å². The number of fused-ring (bicyclic) bond motifs is 3. The molecule has 6 rings (SSSR count). The van der Waals surface area contributed by atoms with Crippen LogP contribution in [0.1, 0.15) is 0 Å². The number of aromatic nitrogens is 12. The molecular weight excluding hydrogens is 572 g/mol. The maximum Gasteiger partial charge on any atom is 0.882 e. The molecular formula is C15H9F6N12O3P2. The van der Waals surface area contributed by atoms with Gasteiger partial charge in [-0.2, -0.15) is 0 Å². The van der Waals surface area contributed by atoms with Crippen molar-refractivity contribution in [3.05, 3.63) is 55.0 Å². The second kappa shape index (κ2) is 8.52. The molecule has 1 radical (unpaired) electrons. The molecule has 0 bridgehead atoms. The summed E-state index contributed by atoms with van der Waals surface area (Å²) in [7, 11) is -12.9. The standard InChI is InChI=1S/C15H9N12O3P.F6P/c1-4-10-13(16-7-1)25(22-19-10)28-31(29-26-14-11(20-23-26)5-2-8-17-14)30-27-15-12(21-24-27)6-3-9-18-15;1-7(2,3,4,5)6/h1-9H;/q+1;-1. The van der Waals surface area contributed by atoms with E-state index in [0.717, 1.165) is 14.5 Å². The van der Waals surface area contributed by atoms with Crippen molar-refractivity contribution in [2.45, 2.75) is 0 Å². The van der Waals surface area contributed by atoms with E-state index in [9.17, 15) is 25.2 Å². The molecule has 6 aromatic heterocycles. The molecule has 0 atom stereocenters. The van der Waals surface area contributed by atoms with Gasteiger partial charge in [-0.05, 0) is 66.6 Å². The molecule has 0 N–H and O–H groups in total. The SMILES string of the molecule is F[P-](F)(F)(F)(F)F.c1cnc2c(c1)nnn2O[P+](On1nnc2cccnc21)On1nnc2cccnc21. The Morgan fingerprint density at radius 1 is 0.553 bits per heavy atom. The number of hydrogen-bond acceptors (Lipinski definition) is 12. The summed E-state index contributed by atoms with van der Waals surface area (Å²) in [5.74, 6) is 0. The summed E-state index contributed by atoms with van der Waals surface area (Å²) in [6, 6.07) is 10.4. The van der Waals surface area contributed by atoms with Crippen LogP contribution in [-0.4, -0.2) is 60.4 Å². The van der Waals surface area contributed by atoms with Gasteiger partial charge in [-0.15, -0.1) is 29.2 Å². The molecule has 0 saturated heterocycles. The van der Waals surface area contributed by atoms with Gasteiger partial charge in [0.15, 0.2) is 0 Å². The van der Waals surface area contributed by atoms with Crippen molar-refractivity contribution in [3.63, 3.8) is 0 Å². The predicted octanol–water partition coefficient (Wildman–Crippen LogP) is 3.40. The van der Waals surface area contributed by atoms with Crippen LogP contribution in [0.3, 0.4) is 0 Å². The smallest absolute Gasteiger partial charge is 0.232 e. The Balaban J connectivity index is 0.000000374. The van der Waals surface area contributed by atoms with Crippen molar-refractivity contribution >= 4 is 49.9 Å². The summed E-state index contributed by atoms with van der Waals surface area (Å²) < 4.78 is 76.5. The zero-order valence-electron chi connectivity index (χ0n) is 17.9. The van der Waals surface area contributed by atoms with E-state index in [4.69, 9.17) is 13.9 Å². The Morgan fingerprint density at radius 2 is 0.842 bits per heavy atom. The van der Waals surface area contributed by atoms with E-state index >= 15 is 0 Å². The Morgan fingerprint density at radius 3 is 1.13 bits per heavy atom. The molecule has 23 heteroatoms. The molecule has 6 aromatic rings. The molecule has 0 aliphatic rings.